The van der Waals surface area contributed by atoms with Gasteiger partial charge >= 0.3 is 0 Å². The maximum atomic E-state index is 8.63. The van der Waals surface area contributed by atoms with Gasteiger partial charge in [-0.3, -0.25) is 0 Å². The van der Waals surface area contributed by atoms with Gasteiger partial charge in [-0.05, 0) is 12.1 Å². The van der Waals surface area contributed by atoms with Gasteiger partial charge in [0.25, 0.3) is 0 Å². The number of hydrogen-bond donors (Lipinski definition) is 2. The first kappa shape index (κ1) is 13.0. The van der Waals surface area contributed by atoms with Crippen molar-refractivity contribution in [1.82, 2.24) is 4.57 Å². The Morgan fingerprint density at radius 2 is 2.17 bits per heavy atom. The molecule has 0 spiro atoms. The van der Waals surface area contributed by atoms with Crippen LogP contribution in [-0.4, -0.2) is 34.5 Å². The van der Waals surface area contributed by atoms with E-state index in [-0.39, 0.29) is 6.61 Å². The number of hydrogen-bond acceptors (Lipinski definition) is 3. The van der Waals surface area contributed by atoms with E-state index in [1.54, 1.807) is 0 Å². The summed E-state index contributed by atoms with van der Waals surface area (Å²) >= 11 is 5.04. The smallest absolute Gasteiger partial charge is 0.104 e. The molecule has 2 rings (SSSR count). The fourth-order valence-corrected chi connectivity index (χ4v) is 2.14. The van der Waals surface area contributed by atoms with Gasteiger partial charge in [0.05, 0.1) is 19.8 Å². The number of rotatable bonds is 6. The molecule has 0 atom stereocenters. The molecule has 0 fully saturated rings. The van der Waals surface area contributed by atoms with Crippen LogP contribution in [0.5, 0.6) is 0 Å². The summed E-state index contributed by atoms with van der Waals surface area (Å²) in [4.78, 5) is 0.412. The molecule has 0 radical (unpaired) electrons. The third kappa shape index (κ3) is 2.69. The summed E-state index contributed by atoms with van der Waals surface area (Å²) in [7, 11) is 0. The van der Waals surface area contributed by atoms with Crippen LogP contribution < -0.4 is 5.73 Å². The number of nitrogens with zero attached hydrogens (tertiary/aromatic N) is 1. The van der Waals surface area contributed by atoms with Crippen molar-refractivity contribution in [3.63, 3.8) is 0 Å². The van der Waals surface area contributed by atoms with E-state index >= 15 is 0 Å². The Morgan fingerprint density at radius 1 is 1.33 bits per heavy atom. The molecule has 2 aromatic rings. The maximum absolute atomic E-state index is 8.63. The van der Waals surface area contributed by atoms with Crippen LogP contribution in [0.3, 0.4) is 0 Å². The topological polar surface area (TPSA) is 60.4 Å². The van der Waals surface area contributed by atoms with Crippen molar-refractivity contribution in [2.45, 2.75) is 6.54 Å². The van der Waals surface area contributed by atoms with Gasteiger partial charge in [-0.2, -0.15) is 0 Å². The number of thiocarbonyl (C=S) groups is 1. The molecule has 0 amide bonds. The van der Waals surface area contributed by atoms with Crippen molar-refractivity contribution < 1.29 is 9.84 Å². The number of aliphatic hydroxyl groups is 1. The van der Waals surface area contributed by atoms with Gasteiger partial charge in [0.1, 0.15) is 4.99 Å². The molecule has 0 aliphatic carbocycles. The summed E-state index contributed by atoms with van der Waals surface area (Å²) < 4.78 is 7.35. The largest absolute Gasteiger partial charge is 0.394 e. The number of aromatic nitrogens is 1. The Labute approximate surface area is 111 Å². The molecule has 0 unspecified atom stereocenters. The number of fused-ring (bicyclic) bond motifs is 1. The van der Waals surface area contributed by atoms with Crippen LogP contribution in [0.4, 0.5) is 0 Å². The van der Waals surface area contributed by atoms with Crippen LogP contribution in [-0.2, 0) is 11.3 Å². The molecule has 3 N–H and O–H groups in total. The molecule has 0 saturated carbocycles. The molecule has 1 aromatic carbocycles. The highest BCUT2D eigenvalue weighted by Crippen LogP contribution is 2.20. The summed E-state index contributed by atoms with van der Waals surface area (Å²) in [6.45, 7) is 1.74. The van der Waals surface area contributed by atoms with E-state index in [2.05, 4.69) is 4.57 Å². The van der Waals surface area contributed by atoms with Gasteiger partial charge in [0.2, 0.25) is 0 Å². The Hall–Kier alpha value is -1.43. The van der Waals surface area contributed by atoms with Gasteiger partial charge in [0.15, 0.2) is 0 Å². The predicted molar refractivity (Wildman–Crippen MR) is 75.7 cm³/mol. The first-order valence-electron chi connectivity index (χ1n) is 5.80. The number of aliphatic hydroxyl groups excluding tert-OH is 1. The third-order valence-electron chi connectivity index (χ3n) is 2.79. The Kier molecular flexibility index (Phi) is 4.30. The number of nitrogens with two attached hydrogens (primary N) is 1. The molecular weight excluding hydrogens is 248 g/mol. The van der Waals surface area contributed by atoms with E-state index in [0.29, 0.717) is 18.2 Å². The zero-order valence-electron chi connectivity index (χ0n) is 10.0. The Bertz CT molecular complexity index is 551. The van der Waals surface area contributed by atoms with Crippen molar-refractivity contribution >= 4 is 28.1 Å². The minimum absolute atomic E-state index is 0.0536. The highest BCUT2D eigenvalue weighted by atomic mass is 32.1. The van der Waals surface area contributed by atoms with Crippen LogP contribution in [0.1, 0.15) is 5.56 Å². The standard InChI is InChI=1S/C13H16N2O2S/c14-13(18)11-2-1-3-12-10(11)4-5-15(12)6-8-17-9-7-16/h1-5,16H,6-9H2,(H2,14,18). The molecule has 4 nitrogen and oxygen atoms in total. The average Bonchev–Trinajstić information content (AvgIpc) is 2.77. The summed E-state index contributed by atoms with van der Waals surface area (Å²) in [5.74, 6) is 0. The molecular formula is C13H16N2O2S. The first-order valence-corrected chi connectivity index (χ1v) is 6.21. The second kappa shape index (κ2) is 5.95. The van der Waals surface area contributed by atoms with Crippen LogP contribution in [0.2, 0.25) is 0 Å². The molecule has 1 heterocycles. The fourth-order valence-electron chi connectivity index (χ4n) is 1.96. The monoisotopic (exact) mass is 264 g/mol. The zero-order valence-corrected chi connectivity index (χ0v) is 10.8. The maximum Gasteiger partial charge on any atom is 0.104 e. The lowest BCUT2D eigenvalue weighted by molar-refractivity contribution is 0.0875. The molecule has 5 heteroatoms. The Morgan fingerprint density at radius 3 is 2.89 bits per heavy atom. The number of ether oxygens (including phenoxy) is 1. The van der Waals surface area contributed by atoms with E-state index in [0.717, 1.165) is 23.0 Å². The normalized spacial score (nSPS) is 10.9. The predicted octanol–water partition coefficient (Wildman–Crippen LogP) is 1.28. The first-order chi connectivity index (χ1) is 8.74. The molecule has 0 aliphatic rings. The van der Waals surface area contributed by atoms with Crippen LogP contribution in [0.25, 0.3) is 10.9 Å². The van der Waals surface area contributed by atoms with Gasteiger partial charge in [0, 0.05) is 29.2 Å². The van der Waals surface area contributed by atoms with Crippen LogP contribution in [0.15, 0.2) is 30.5 Å². The lowest BCUT2D eigenvalue weighted by Crippen LogP contribution is -2.10. The SMILES string of the molecule is NC(=S)c1cccc2c1ccn2CCOCCO. The quantitative estimate of drug-likeness (QED) is 0.609. The van der Waals surface area contributed by atoms with Gasteiger partial charge in [-0.25, -0.2) is 0 Å². The van der Waals surface area contributed by atoms with Gasteiger partial charge < -0.3 is 20.1 Å². The summed E-state index contributed by atoms with van der Waals surface area (Å²) in [5.41, 5.74) is 7.69. The summed E-state index contributed by atoms with van der Waals surface area (Å²) in [6, 6.07) is 7.91. The summed E-state index contributed by atoms with van der Waals surface area (Å²) in [5, 5.41) is 9.69. The lowest BCUT2D eigenvalue weighted by atomic mass is 10.1. The van der Waals surface area contributed by atoms with E-state index in [9.17, 15) is 0 Å². The van der Waals surface area contributed by atoms with Crippen LogP contribution >= 0.6 is 12.2 Å². The molecule has 0 aliphatic heterocycles. The van der Waals surface area contributed by atoms with E-state index < -0.39 is 0 Å². The average molecular weight is 264 g/mol. The Balaban J connectivity index is 2.20. The molecule has 0 saturated heterocycles. The highest BCUT2D eigenvalue weighted by Gasteiger charge is 2.06. The van der Waals surface area contributed by atoms with Gasteiger partial charge in [-0.1, -0.05) is 24.4 Å². The minimum Gasteiger partial charge on any atom is -0.394 e. The highest BCUT2D eigenvalue weighted by molar-refractivity contribution is 7.80. The van der Waals surface area contributed by atoms with Gasteiger partial charge in [-0.15, -0.1) is 0 Å². The lowest BCUT2D eigenvalue weighted by Gasteiger charge is -2.07. The van der Waals surface area contributed by atoms with E-state index in [1.165, 1.54) is 0 Å². The second-order valence-electron chi connectivity index (χ2n) is 3.95. The van der Waals surface area contributed by atoms with Crippen molar-refractivity contribution in [3.8, 4) is 0 Å². The minimum atomic E-state index is 0.0536. The second-order valence-corrected chi connectivity index (χ2v) is 4.39. The van der Waals surface area contributed by atoms with Crippen molar-refractivity contribution in [2.24, 2.45) is 5.73 Å². The third-order valence-corrected chi connectivity index (χ3v) is 3.01. The van der Waals surface area contributed by atoms with Crippen molar-refractivity contribution in [3.05, 3.63) is 36.0 Å². The zero-order chi connectivity index (χ0) is 13.0. The molecule has 1 aromatic heterocycles. The molecule has 0 bridgehead atoms. The van der Waals surface area contributed by atoms with E-state index in [1.807, 2.05) is 30.5 Å². The van der Waals surface area contributed by atoms with E-state index in [4.69, 9.17) is 27.8 Å². The summed E-state index contributed by atoms with van der Waals surface area (Å²) in [6.07, 6.45) is 1.99. The van der Waals surface area contributed by atoms with Crippen molar-refractivity contribution in [1.29, 1.82) is 0 Å². The fraction of sp³-hybridized carbons (Fsp3) is 0.308. The molecule has 18 heavy (non-hydrogen) atoms. The number of benzene rings is 1. The van der Waals surface area contributed by atoms with Crippen LogP contribution in [0, 0.1) is 0 Å². The van der Waals surface area contributed by atoms with Crippen molar-refractivity contribution in [2.75, 3.05) is 19.8 Å². The molecule has 96 valence electrons.